The monoisotopic (exact) mass is 273 g/mol. The van der Waals surface area contributed by atoms with Gasteiger partial charge in [-0.2, -0.15) is 0 Å². The molecule has 0 spiro atoms. The fourth-order valence-corrected chi connectivity index (χ4v) is 2.11. The summed E-state index contributed by atoms with van der Waals surface area (Å²) in [6, 6.07) is 2.10. The molecular weight excluding hydrogens is 261 g/mol. The van der Waals surface area contributed by atoms with Crippen molar-refractivity contribution in [2.24, 2.45) is 0 Å². The van der Waals surface area contributed by atoms with Crippen LogP contribution < -0.4 is 5.43 Å². The molecule has 1 N–H and O–H groups in total. The maximum Gasteiger partial charge on any atom is 0.295 e. The molecule has 0 bridgehead atoms. The number of halogens is 2. The van der Waals surface area contributed by atoms with Crippen molar-refractivity contribution in [1.29, 1.82) is 0 Å². The largest absolute Gasteiger partial charge is 0.313 e. The first-order valence-corrected chi connectivity index (χ1v) is 6.11. The van der Waals surface area contributed by atoms with E-state index in [0.717, 1.165) is 44.5 Å². The highest BCUT2D eigenvalue weighted by atomic mass is 35.5. The van der Waals surface area contributed by atoms with Crippen LogP contribution >= 0.6 is 11.6 Å². The van der Waals surface area contributed by atoms with Gasteiger partial charge in [-0.05, 0) is 12.8 Å². The van der Waals surface area contributed by atoms with Crippen LogP contribution in [0.15, 0.2) is 12.1 Å². The predicted molar refractivity (Wildman–Crippen MR) is 67.1 cm³/mol. The van der Waals surface area contributed by atoms with Crippen LogP contribution in [0, 0.1) is 15.9 Å². The second-order valence-corrected chi connectivity index (χ2v) is 4.61. The SMILES string of the molecule is O=[N+]([O-])c1cc(Cl)c(F)cc1NN1CCCCC1. The normalized spacial score (nSPS) is 16.6. The molecule has 1 aliphatic heterocycles. The average Bonchev–Trinajstić information content (AvgIpc) is 2.34. The van der Waals surface area contributed by atoms with Crippen LogP contribution in [-0.4, -0.2) is 23.0 Å². The fourth-order valence-electron chi connectivity index (χ4n) is 1.95. The summed E-state index contributed by atoms with van der Waals surface area (Å²) in [5, 5.41) is 12.5. The lowest BCUT2D eigenvalue weighted by Crippen LogP contribution is -2.35. The number of piperidine rings is 1. The number of rotatable bonds is 3. The Labute approximate surface area is 109 Å². The Hall–Kier alpha value is -1.40. The van der Waals surface area contributed by atoms with Crippen molar-refractivity contribution < 1.29 is 9.31 Å². The fraction of sp³-hybridized carbons (Fsp3) is 0.455. The molecule has 0 amide bonds. The first kappa shape index (κ1) is 13.0. The molecule has 18 heavy (non-hydrogen) atoms. The van der Waals surface area contributed by atoms with E-state index in [1.807, 2.05) is 5.01 Å². The van der Waals surface area contributed by atoms with Gasteiger partial charge in [-0.15, -0.1) is 0 Å². The number of nitrogens with one attached hydrogen (secondary N) is 1. The van der Waals surface area contributed by atoms with Crippen LogP contribution in [-0.2, 0) is 0 Å². The number of nitrogens with zero attached hydrogens (tertiary/aromatic N) is 2. The Morgan fingerprint density at radius 1 is 1.33 bits per heavy atom. The van der Waals surface area contributed by atoms with Crippen LogP contribution in [0.4, 0.5) is 15.8 Å². The minimum atomic E-state index is -0.665. The number of nitro benzene ring substituents is 1. The summed E-state index contributed by atoms with van der Waals surface area (Å²) >= 11 is 5.55. The number of hydrogen-bond acceptors (Lipinski definition) is 4. The molecule has 0 aliphatic carbocycles. The minimum Gasteiger partial charge on any atom is -0.313 e. The van der Waals surface area contributed by atoms with E-state index in [9.17, 15) is 14.5 Å². The zero-order chi connectivity index (χ0) is 13.1. The van der Waals surface area contributed by atoms with E-state index < -0.39 is 10.7 Å². The zero-order valence-electron chi connectivity index (χ0n) is 9.66. The smallest absolute Gasteiger partial charge is 0.295 e. The maximum atomic E-state index is 13.4. The van der Waals surface area contributed by atoms with E-state index in [1.165, 1.54) is 0 Å². The molecule has 1 fully saturated rings. The average molecular weight is 274 g/mol. The summed E-state index contributed by atoms with van der Waals surface area (Å²) in [4.78, 5) is 10.3. The molecular formula is C11H13ClFN3O2. The topological polar surface area (TPSA) is 58.4 Å². The third-order valence-corrected chi connectivity index (χ3v) is 3.16. The van der Waals surface area contributed by atoms with Gasteiger partial charge in [-0.25, -0.2) is 9.40 Å². The number of hydrazine groups is 1. The van der Waals surface area contributed by atoms with E-state index in [0.29, 0.717) is 0 Å². The second-order valence-electron chi connectivity index (χ2n) is 4.20. The molecule has 0 aromatic heterocycles. The van der Waals surface area contributed by atoms with Crippen molar-refractivity contribution in [2.75, 3.05) is 18.5 Å². The first-order chi connectivity index (χ1) is 8.58. The molecule has 1 heterocycles. The van der Waals surface area contributed by atoms with Gasteiger partial charge in [0.05, 0.1) is 9.95 Å². The van der Waals surface area contributed by atoms with E-state index >= 15 is 0 Å². The Morgan fingerprint density at radius 3 is 2.61 bits per heavy atom. The lowest BCUT2D eigenvalue weighted by atomic mass is 10.2. The van der Waals surface area contributed by atoms with Gasteiger partial charge in [0.25, 0.3) is 5.69 Å². The molecule has 0 saturated carbocycles. The molecule has 0 atom stereocenters. The molecule has 1 aromatic rings. The zero-order valence-corrected chi connectivity index (χ0v) is 10.4. The van der Waals surface area contributed by atoms with Crippen molar-refractivity contribution >= 4 is 23.0 Å². The van der Waals surface area contributed by atoms with Crippen molar-refractivity contribution in [2.45, 2.75) is 19.3 Å². The van der Waals surface area contributed by atoms with Crippen LogP contribution in [0.25, 0.3) is 0 Å². The van der Waals surface area contributed by atoms with E-state index in [2.05, 4.69) is 5.43 Å². The van der Waals surface area contributed by atoms with Crippen molar-refractivity contribution in [3.63, 3.8) is 0 Å². The highest BCUT2D eigenvalue weighted by Crippen LogP contribution is 2.31. The van der Waals surface area contributed by atoms with Gasteiger partial charge in [0.2, 0.25) is 0 Å². The van der Waals surface area contributed by atoms with E-state index in [4.69, 9.17) is 11.6 Å². The molecule has 1 aromatic carbocycles. The highest BCUT2D eigenvalue weighted by Gasteiger charge is 2.20. The Morgan fingerprint density at radius 2 is 2.00 bits per heavy atom. The molecule has 0 radical (unpaired) electrons. The van der Waals surface area contributed by atoms with Gasteiger partial charge in [0, 0.05) is 25.2 Å². The van der Waals surface area contributed by atoms with Crippen LogP contribution in [0.1, 0.15) is 19.3 Å². The van der Waals surface area contributed by atoms with Gasteiger partial charge in [-0.1, -0.05) is 18.0 Å². The summed E-state index contributed by atoms with van der Waals surface area (Å²) in [5.41, 5.74) is 2.82. The van der Waals surface area contributed by atoms with Crippen molar-refractivity contribution in [3.05, 3.63) is 33.1 Å². The number of hydrogen-bond donors (Lipinski definition) is 1. The van der Waals surface area contributed by atoms with Crippen LogP contribution in [0.3, 0.4) is 0 Å². The Kier molecular flexibility index (Phi) is 3.98. The lowest BCUT2D eigenvalue weighted by molar-refractivity contribution is -0.384. The molecule has 98 valence electrons. The number of benzene rings is 1. The Balaban J connectivity index is 2.24. The van der Waals surface area contributed by atoms with Crippen molar-refractivity contribution in [1.82, 2.24) is 5.01 Å². The molecule has 7 heteroatoms. The first-order valence-electron chi connectivity index (χ1n) is 5.73. The molecule has 1 aliphatic rings. The van der Waals surface area contributed by atoms with Gasteiger partial charge < -0.3 is 5.43 Å². The number of nitro groups is 1. The quantitative estimate of drug-likeness (QED) is 0.679. The van der Waals surface area contributed by atoms with Crippen LogP contribution in [0.2, 0.25) is 5.02 Å². The van der Waals surface area contributed by atoms with Gasteiger partial charge in [0.15, 0.2) is 0 Å². The predicted octanol–water partition coefficient (Wildman–Crippen LogP) is 3.20. The van der Waals surface area contributed by atoms with Crippen LogP contribution in [0.5, 0.6) is 0 Å². The third kappa shape index (κ3) is 2.88. The minimum absolute atomic E-state index is 0.142. The molecule has 5 nitrogen and oxygen atoms in total. The summed E-state index contributed by atoms with van der Waals surface area (Å²) < 4.78 is 13.4. The maximum absolute atomic E-state index is 13.4. The summed E-state index contributed by atoms with van der Waals surface area (Å²) in [7, 11) is 0. The van der Waals surface area contributed by atoms with Gasteiger partial charge in [0.1, 0.15) is 11.5 Å². The summed E-state index contributed by atoms with van der Waals surface area (Å²) in [6.45, 7) is 1.59. The van der Waals surface area contributed by atoms with E-state index in [1.54, 1.807) is 0 Å². The lowest BCUT2D eigenvalue weighted by Gasteiger charge is -2.27. The molecule has 2 rings (SSSR count). The van der Waals surface area contributed by atoms with Gasteiger partial charge in [-0.3, -0.25) is 10.1 Å². The van der Waals surface area contributed by atoms with Gasteiger partial charge >= 0.3 is 0 Å². The molecule has 1 saturated heterocycles. The standard InChI is InChI=1S/C11H13ClFN3O2/c12-8-6-11(16(17)18)10(7-9(8)13)14-15-4-2-1-3-5-15/h6-7,14H,1-5H2. The second kappa shape index (κ2) is 5.49. The van der Waals surface area contributed by atoms with Crippen molar-refractivity contribution in [3.8, 4) is 0 Å². The number of anilines is 1. The summed E-state index contributed by atoms with van der Waals surface area (Å²) in [5.74, 6) is -0.665. The molecule has 0 unspecified atom stereocenters. The van der Waals surface area contributed by atoms with E-state index in [-0.39, 0.29) is 16.4 Å². The summed E-state index contributed by atoms with van der Waals surface area (Å²) in [6.07, 6.45) is 3.20. The highest BCUT2D eigenvalue weighted by molar-refractivity contribution is 6.31. The Bertz CT molecular complexity index is 464. The third-order valence-electron chi connectivity index (χ3n) is 2.87.